The van der Waals surface area contributed by atoms with E-state index >= 15 is 0 Å². The molecule has 1 atom stereocenters. The number of carbonyl (C=O) groups is 1. The lowest BCUT2D eigenvalue weighted by Crippen LogP contribution is -2.28. The van der Waals surface area contributed by atoms with Crippen molar-refractivity contribution in [3.8, 4) is 0 Å². The maximum atomic E-state index is 11.9. The van der Waals surface area contributed by atoms with Gasteiger partial charge in [0.25, 0.3) is 5.91 Å². The van der Waals surface area contributed by atoms with Crippen LogP contribution in [0.15, 0.2) is 22.7 Å². The summed E-state index contributed by atoms with van der Waals surface area (Å²) in [6, 6.07) is 5.72. The molecular weight excluding hydrogens is 266 g/mol. The zero-order chi connectivity index (χ0) is 12.1. The van der Waals surface area contributed by atoms with E-state index in [1.165, 1.54) is 0 Å². The number of hydrogen-bond donors (Lipinski definition) is 1. The van der Waals surface area contributed by atoms with Crippen molar-refractivity contribution < 1.29 is 4.79 Å². The Morgan fingerprint density at radius 1 is 1.50 bits per heavy atom. The Balaban J connectivity index is 2.70. The van der Waals surface area contributed by atoms with Crippen LogP contribution in [0.25, 0.3) is 0 Å². The van der Waals surface area contributed by atoms with Gasteiger partial charge in [-0.25, -0.2) is 0 Å². The smallest absolute Gasteiger partial charge is 0.252 e. The van der Waals surface area contributed by atoms with Crippen molar-refractivity contribution in [1.82, 2.24) is 5.32 Å². The minimum atomic E-state index is -0.00382. The van der Waals surface area contributed by atoms with E-state index in [9.17, 15) is 4.79 Å². The molecule has 1 unspecified atom stereocenters. The van der Waals surface area contributed by atoms with Crippen molar-refractivity contribution in [2.45, 2.75) is 27.2 Å². The fourth-order valence-corrected chi connectivity index (χ4v) is 1.77. The van der Waals surface area contributed by atoms with Gasteiger partial charge in [-0.1, -0.05) is 32.4 Å². The van der Waals surface area contributed by atoms with Crippen LogP contribution in [0.3, 0.4) is 0 Å². The van der Waals surface area contributed by atoms with Crippen LogP contribution in [0.1, 0.15) is 36.2 Å². The molecule has 0 heterocycles. The first kappa shape index (κ1) is 13.2. The van der Waals surface area contributed by atoms with Crippen LogP contribution in [0.4, 0.5) is 0 Å². The zero-order valence-corrected chi connectivity index (χ0v) is 11.6. The number of rotatable bonds is 4. The van der Waals surface area contributed by atoms with Gasteiger partial charge in [0.05, 0.1) is 5.56 Å². The van der Waals surface area contributed by atoms with E-state index in [0.29, 0.717) is 11.5 Å². The molecule has 0 spiro atoms. The summed E-state index contributed by atoms with van der Waals surface area (Å²) in [7, 11) is 0. The number of aryl methyl sites for hydroxylation is 1. The summed E-state index contributed by atoms with van der Waals surface area (Å²) in [5.41, 5.74) is 1.79. The molecule has 1 amide bonds. The molecule has 1 rings (SSSR count). The lowest BCUT2D eigenvalue weighted by Gasteiger charge is -2.11. The Bertz CT molecular complexity index is 376. The Morgan fingerprint density at radius 2 is 2.19 bits per heavy atom. The van der Waals surface area contributed by atoms with E-state index in [1.54, 1.807) is 0 Å². The molecule has 3 heteroatoms. The summed E-state index contributed by atoms with van der Waals surface area (Å²) in [5, 5.41) is 2.95. The Hall–Kier alpha value is -0.830. The van der Waals surface area contributed by atoms with Crippen molar-refractivity contribution in [2.75, 3.05) is 6.54 Å². The SMILES string of the molecule is CCC(C)CNC(=O)c1cccc(C)c1Br. The van der Waals surface area contributed by atoms with Crippen LogP contribution < -0.4 is 5.32 Å². The molecular formula is C13H18BrNO. The molecule has 0 saturated carbocycles. The fourth-order valence-electron chi connectivity index (χ4n) is 1.33. The molecule has 0 aliphatic rings. The molecule has 0 fully saturated rings. The Kier molecular flexibility index (Phi) is 5.00. The lowest BCUT2D eigenvalue weighted by atomic mass is 10.1. The largest absolute Gasteiger partial charge is 0.352 e. The van der Waals surface area contributed by atoms with Gasteiger partial charge in [0.2, 0.25) is 0 Å². The third kappa shape index (κ3) is 3.34. The first-order valence-corrected chi connectivity index (χ1v) is 6.38. The average molecular weight is 284 g/mol. The van der Waals surface area contributed by atoms with Gasteiger partial charge in [-0.3, -0.25) is 4.79 Å². The molecule has 0 aromatic heterocycles. The molecule has 1 N–H and O–H groups in total. The van der Waals surface area contributed by atoms with Gasteiger partial charge >= 0.3 is 0 Å². The van der Waals surface area contributed by atoms with Gasteiger partial charge in [0.1, 0.15) is 0 Å². The summed E-state index contributed by atoms with van der Waals surface area (Å²) in [4.78, 5) is 11.9. The zero-order valence-electron chi connectivity index (χ0n) is 10.0. The third-order valence-electron chi connectivity index (χ3n) is 2.74. The fraction of sp³-hybridized carbons (Fsp3) is 0.462. The van der Waals surface area contributed by atoms with Crippen LogP contribution in [-0.4, -0.2) is 12.5 Å². The average Bonchev–Trinajstić information content (AvgIpc) is 2.29. The highest BCUT2D eigenvalue weighted by Crippen LogP contribution is 2.20. The molecule has 0 aliphatic carbocycles. The van der Waals surface area contributed by atoms with Crippen LogP contribution in [0.2, 0.25) is 0 Å². The summed E-state index contributed by atoms with van der Waals surface area (Å²) in [6.07, 6.45) is 1.08. The topological polar surface area (TPSA) is 29.1 Å². The van der Waals surface area contributed by atoms with Gasteiger partial charge in [-0.05, 0) is 40.4 Å². The summed E-state index contributed by atoms with van der Waals surface area (Å²) < 4.78 is 0.886. The number of amides is 1. The Labute approximate surface area is 106 Å². The van der Waals surface area contributed by atoms with E-state index in [0.717, 1.165) is 23.0 Å². The first-order chi connectivity index (χ1) is 7.56. The molecule has 0 radical (unpaired) electrons. The quantitative estimate of drug-likeness (QED) is 0.900. The minimum absolute atomic E-state index is 0.00382. The van der Waals surface area contributed by atoms with Gasteiger partial charge < -0.3 is 5.32 Å². The van der Waals surface area contributed by atoms with Crippen molar-refractivity contribution in [3.63, 3.8) is 0 Å². The molecule has 0 aliphatic heterocycles. The van der Waals surface area contributed by atoms with Crippen molar-refractivity contribution in [1.29, 1.82) is 0 Å². The third-order valence-corrected chi connectivity index (χ3v) is 3.80. The highest BCUT2D eigenvalue weighted by atomic mass is 79.9. The molecule has 16 heavy (non-hydrogen) atoms. The molecule has 0 saturated heterocycles. The van der Waals surface area contributed by atoms with Gasteiger partial charge in [-0.2, -0.15) is 0 Å². The number of benzene rings is 1. The van der Waals surface area contributed by atoms with Gasteiger partial charge in [-0.15, -0.1) is 0 Å². The summed E-state index contributed by atoms with van der Waals surface area (Å²) in [5.74, 6) is 0.517. The normalized spacial score (nSPS) is 12.2. The predicted molar refractivity (Wildman–Crippen MR) is 70.7 cm³/mol. The van der Waals surface area contributed by atoms with Crippen LogP contribution in [0, 0.1) is 12.8 Å². The molecule has 1 aromatic carbocycles. The Morgan fingerprint density at radius 3 is 2.81 bits per heavy atom. The monoisotopic (exact) mass is 283 g/mol. The summed E-state index contributed by atoms with van der Waals surface area (Å²) >= 11 is 3.44. The molecule has 0 bridgehead atoms. The standard InChI is InChI=1S/C13H18BrNO/c1-4-9(2)8-15-13(16)11-7-5-6-10(3)12(11)14/h5-7,9H,4,8H2,1-3H3,(H,15,16). The molecule has 1 aromatic rings. The number of halogens is 1. The molecule has 88 valence electrons. The van der Waals surface area contributed by atoms with E-state index in [1.807, 2.05) is 25.1 Å². The predicted octanol–water partition coefficient (Wildman–Crippen LogP) is 3.53. The highest BCUT2D eigenvalue weighted by Gasteiger charge is 2.11. The lowest BCUT2D eigenvalue weighted by molar-refractivity contribution is 0.0947. The van der Waals surface area contributed by atoms with Gasteiger partial charge in [0, 0.05) is 11.0 Å². The van der Waals surface area contributed by atoms with Crippen molar-refractivity contribution in [2.24, 2.45) is 5.92 Å². The van der Waals surface area contributed by atoms with Crippen molar-refractivity contribution >= 4 is 21.8 Å². The second-order valence-corrected chi connectivity index (χ2v) is 4.95. The van der Waals surface area contributed by atoms with E-state index in [2.05, 4.69) is 35.1 Å². The minimum Gasteiger partial charge on any atom is -0.352 e. The van der Waals surface area contributed by atoms with E-state index < -0.39 is 0 Å². The maximum Gasteiger partial charge on any atom is 0.252 e. The second kappa shape index (κ2) is 6.04. The number of nitrogens with one attached hydrogen (secondary N) is 1. The maximum absolute atomic E-state index is 11.9. The first-order valence-electron chi connectivity index (χ1n) is 5.59. The van der Waals surface area contributed by atoms with Crippen LogP contribution >= 0.6 is 15.9 Å². The number of hydrogen-bond acceptors (Lipinski definition) is 1. The van der Waals surface area contributed by atoms with Crippen LogP contribution in [0.5, 0.6) is 0 Å². The number of carbonyl (C=O) groups excluding carboxylic acids is 1. The van der Waals surface area contributed by atoms with Crippen LogP contribution in [-0.2, 0) is 0 Å². The second-order valence-electron chi connectivity index (χ2n) is 4.16. The van der Waals surface area contributed by atoms with E-state index in [-0.39, 0.29) is 5.91 Å². The van der Waals surface area contributed by atoms with E-state index in [4.69, 9.17) is 0 Å². The summed E-state index contributed by atoms with van der Waals surface area (Å²) in [6.45, 7) is 6.97. The van der Waals surface area contributed by atoms with Gasteiger partial charge in [0.15, 0.2) is 0 Å². The highest BCUT2D eigenvalue weighted by molar-refractivity contribution is 9.10. The van der Waals surface area contributed by atoms with Crippen molar-refractivity contribution in [3.05, 3.63) is 33.8 Å². The molecule has 2 nitrogen and oxygen atoms in total.